The summed E-state index contributed by atoms with van der Waals surface area (Å²) >= 11 is 0. The molecule has 0 saturated carbocycles. The molecule has 2 N–H and O–H groups in total. The lowest BCUT2D eigenvalue weighted by Crippen LogP contribution is -2.32. The Labute approximate surface area is 109 Å². The molecule has 0 amide bonds. The molecule has 0 saturated heterocycles. The second kappa shape index (κ2) is 6.87. The summed E-state index contributed by atoms with van der Waals surface area (Å²) in [4.78, 5) is 0.239. The molecular weight excluding hydrogens is 250 g/mol. The molecule has 18 heavy (non-hydrogen) atoms. The van der Waals surface area contributed by atoms with E-state index in [1.165, 1.54) is 0 Å². The highest BCUT2D eigenvalue weighted by molar-refractivity contribution is 7.89. The minimum Gasteiger partial charge on any atom is -0.392 e. The molecule has 1 rings (SSSR count). The minimum atomic E-state index is -3.51. The zero-order valence-electron chi connectivity index (χ0n) is 10.9. The quantitative estimate of drug-likeness (QED) is 0.793. The summed E-state index contributed by atoms with van der Waals surface area (Å²) in [5.41, 5.74) is 1.10. The van der Waals surface area contributed by atoms with Crippen LogP contribution in [0.15, 0.2) is 29.2 Å². The number of benzene rings is 1. The van der Waals surface area contributed by atoms with Gasteiger partial charge in [0.2, 0.25) is 10.0 Å². The maximum absolute atomic E-state index is 11.9. The van der Waals surface area contributed by atoms with Crippen molar-refractivity contribution >= 4 is 10.0 Å². The van der Waals surface area contributed by atoms with E-state index in [4.69, 9.17) is 0 Å². The van der Waals surface area contributed by atoms with Crippen molar-refractivity contribution in [3.05, 3.63) is 29.8 Å². The number of hydrogen-bond acceptors (Lipinski definition) is 3. The van der Waals surface area contributed by atoms with Gasteiger partial charge in [-0.15, -0.1) is 0 Å². The first-order valence-corrected chi connectivity index (χ1v) is 7.74. The Morgan fingerprint density at radius 2 is 1.83 bits per heavy atom. The van der Waals surface area contributed by atoms with Gasteiger partial charge in [0, 0.05) is 6.54 Å². The molecule has 1 atom stereocenters. The average molecular weight is 271 g/mol. The molecule has 1 unspecified atom stereocenters. The Balaban J connectivity index is 2.67. The van der Waals surface area contributed by atoms with Crippen LogP contribution in [0, 0.1) is 0 Å². The largest absolute Gasteiger partial charge is 0.392 e. The predicted octanol–water partition coefficient (Wildman–Crippen LogP) is 1.69. The zero-order chi connectivity index (χ0) is 13.6. The lowest BCUT2D eigenvalue weighted by Gasteiger charge is -2.11. The van der Waals surface area contributed by atoms with Crippen LogP contribution < -0.4 is 4.72 Å². The highest BCUT2D eigenvalue weighted by Gasteiger charge is 2.15. The van der Waals surface area contributed by atoms with E-state index in [0.29, 0.717) is 6.42 Å². The van der Waals surface area contributed by atoms with Gasteiger partial charge in [0.05, 0.1) is 11.0 Å². The first-order valence-electron chi connectivity index (χ1n) is 6.26. The number of rotatable bonds is 7. The van der Waals surface area contributed by atoms with E-state index in [9.17, 15) is 13.5 Å². The lowest BCUT2D eigenvalue weighted by atomic mass is 10.2. The van der Waals surface area contributed by atoms with Crippen molar-refractivity contribution in [3.63, 3.8) is 0 Å². The van der Waals surface area contributed by atoms with Gasteiger partial charge >= 0.3 is 0 Å². The monoisotopic (exact) mass is 271 g/mol. The van der Waals surface area contributed by atoms with Crippen molar-refractivity contribution in [2.45, 2.75) is 44.1 Å². The van der Waals surface area contributed by atoms with Crippen LogP contribution in [0.25, 0.3) is 0 Å². The van der Waals surface area contributed by atoms with Crippen LogP contribution >= 0.6 is 0 Å². The molecular formula is C13H21NO3S. The summed E-state index contributed by atoms with van der Waals surface area (Å²) in [5.74, 6) is 0. The van der Waals surface area contributed by atoms with Gasteiger partial charge in [0.25, 0.3) is 0 Å². The van der Waals surface area contributed by atoms with E-state index < -0.39 is 16.1 Å². The summed E-state index contributed by atoms with van der Waals surface area (Å²) in [6.07, 6.45) is 1.67. The number of aliphatic hydroxyl groups is 1. The van der Waals surface area contributed by atoms with Gasteiger partial charge in [-0.2, -0.15) is 0 Å². The number of hydrogen-bond donors (Lipinski definition) is 2. The molecule has 1 aromatic carbocycles. The SMILES string of the molecule is CCCC(O)CNS(=O)(=O)c1ccc(CC)cc1. The molecule has 0 aromatic heterocycles. The van der Waals surface area contributed by atoms with Gasteiger partial charge in [-0.1, -0.05) is 32.4 Å². The van der Waals surface area contributed by atoms with Crippen molar-refractivity contribution in [3.8, 4) is 0 Å². The molecule has 0 radical (unpaired) electrons. The van der Waals surface area contributed by atoms with Gasteiger partial charge < -0.3 is 5.11 Å². The second-order valence-electron chi connectivity index (χ2n) is 4.29. The van der Waals surface area contributed by atoms with E-state index in [0.717, 1.165) is 18.4 Å². The van der Waals surface area contributed by atoms with Gasteiger partial charge in [-0.3, -0.25) is 0 Å². The summed E-state index contributed by atoms with van der Waals surface area (Å²) < 4.78 is 26.3. The fourth-order valence-corrected chi connectivity index (χ4v) is 2.70. The van der Waals surface area contributed by atoms with Crippen molar-refractivity contribution in [1.82, 2.24) is 4.72 Å². The summed E-state index contributed by atoms with van der Waals surface area (Å²) in [5, 5.41) is 9.51. The molecule has 4 nitrogen and oxygen atoms in total. The van der Waals surface area contributed by atoms with Crippen molar-refractivity contribution in [2.24, 2.45) is 0 Å². The van der Waals surface area contributed by atoms with Crippen LogP contribution in [0.4, 0.5) is 0 Å². The van der Waals surface area contributed by atoms with Crippen LogP contribution in [-0.4, -0.2) is 26.2 Å². The molecule has 5 heteroatoms. The number of aryl methyl sites for hydroxylation is 1. The Hall–Kier alpha value is -0.910. The van der Waals surface area contributed by atoms with Crippen LogP contribution in [-0.2, 0) is 16.4 Å². The third-order valence-corrected chi connectivity index (χ3v) is 4.21. The van der Waals surface area contributed by atoms with Crippen molar-refractivity contribution in [1.29, 1.82) is 0 Å². The van der Waals surface area contributed by atoms with E-state index >= 15 is 0 Å². The smallest absolute Gasteiger partial charge is 0.240 e. The molecule has 0 aliphatic heterocycles. The molecule has 0 fully saturated rings. The lowest BCUT2D eigenvalue weighted by molar-refractivity contribution is 0.167. The van der Waals surface area contributed by atoms with Crippen LogP contribution in [0.5, 0.6) is 0 Å². The third kappa shape index (κ3) is 4.40. The van der Waals surface area contributed by atoms with E-state index in [1.807, 2.05) is 13.8 Å². The molecule has 0 heterocycles. The fourth-order valence-electron chi connectivity index (χ4n) is 1.63. The Bertz CT molecular complexity index is 454. The highest BCUT2D eigenvalue weighted by atomic mass is 32.2. The van der Waals surface area contributed by atoms with E-state index in [-0.39, 0.29) is 11.4 Å². The maximum Gasteiger partial charge on any atom is 0.240 e. The first kappa shape index (κ1) is 15.1. The summed E-state index contributed by atoms with van der Waals surface area (Å²) in [6.45, 7) is 4.02. The predicted molar refractivity (Wildman–Crippen MR) is 71.9 cm³/mol. The van der Waals surface area contributed by atoms with Gasteiger partial charge in [-0.25, -0.2) is 13.1 Å². The molecule has 0 spiro atoms. The number of nitrogens with one attached hydrogen (secondary N) is 1. The minimum absolute atomic E-state index is 0.0612. The van der Waals surface area contributed by atoms with Crippen LogP contribution in [0.1, 0.15) is 32.3 Å². The molecule has 0 aliphatic carbocycles. The zero-order valence-corrected chi connectivity index (χ0v) is 11.7. The van der Waals surface area contributed by atoms with Gasteiger partial charge in [0.1, 0.15) is 0 Å². The third-order valence-electron chi connectivity index (χ3n) is 2.77. The normalized spacial score (nSPS) is 13.5. The fraction of sp³-hybridized carbons (Fsp3) is 0.538. The first-order chi connectivity index (χ1) is 8.49. The maximum atomic E-state index is 11.9. The Kier molecular flexibility index (Phi) is 5.78. The molecule has 1 aromatic rings. The standard InChI is InChI=1S/C13H21NO3S/c1-3-5-12(15)10-14-18(16,17)13-8-6-11(4-2)7-9-13/h6-9,12,14-15H,3-5,10H2,1-2H3. The van der Waals surface area contributed by atoms with Gasteiger partial charge in [0.15, 0.2) is 0 Å². The topological polar surface area (TPSA) is 66.4 Å². The average Bonchev–Trinajstić information content (AvgIpc) is 2.37. The number of sulfonamides is 1. The Morgan fingerprint density at radius 1 is 1.22 bits per heavy atom. The van der Waals surface area contributed by atoms with E-state index in [2.05, 4.69) is 4.72 Å². The summed E-state index contributed by atoms with van der Waals surface area (Å²) in [7, 11) is -3.51. The second-order valence-corrected chi connectivity index (χ2v) is 6.06. The van der Waals surface area contributed by atoms with Crippen LogP contribution in [0.2, 0.25) is 0 Å². The molecule has 0 bridgehead atoms. The Morgan fingerprint density at radius 3 is 2.33 bits per heavy atom. The van der Waals surface area contributed by atoms with Crippen LogP contribution in [0.3, 0.4) is 0 Å². The summed E-state index contributed by atoms with van der Waals surface area (Å²) in [6, 6.07) is 6.79. The van der Waals surface area contributed by atoms with Crippen molar-refractivity contribution < 1.29 is 13.5 Å². The number of aliphatic hydroxyl groups excluding tert-OH is 1. The van der Waals surface area contributed by atoms with Crippen molar-refractivity contribution in [2.75, 3.05) is 6.54 Å². The highest BCUT2D eigenvalue weighted by Crippen LogP contribution is 2.11. The van der Waals surface area contributed by atoms with E-state index in [1.54, 1.807) is 24.3 Å². The van der Waals surface area contributed by atoms with Gasteiger partial charge in [-0.05, 0) is 30.5 Å². The molecule has 0 aliphatic rings. The molecule has 102 valence electrons.